The van der Waals surface area contributed by atoms with Crippen molar-refractivity contribution >= 4 is 0 Å². The van der Waals surface area contributed by atoms with Gasteiger partial charge in [0.1, 0.15) is 0 Å². The molecule has 1 heterocycles. The van der Waals surface area contributed by atoms with Gasteiger partial charge in [-0.3, -0.25) is 0 Å². The van der Waals surface area contributed by atoms with E-state index in [1.165, 1.54) is 44.5 Å². The number of hydrogen-bond donors (Lipinski definition) is 0. The molecule has 2 aliphatic rings. The van der Waals surface area contributed by atoms with Crippen LogP contribution in [0.25, 0.3) is 78.7 Å². The summed E-state index contributed by atoms with van der Waals surface area (Å²) < 4.78 is 0. The highest BCUT2D eigenvalue weighted by molar-refractivity contribution is 5.96. The van der Waals surface area contributed by atoms with Gasteiger partial charge in [0.15, 0.2) is 17.5 Å². The molecule has 4 nitrogen and oxygen atoms in total. The first-order chi connectivity index (χ1) is 28.2. The Kier molecular flexibility index (Phi) is 7.42. The van der Waals surface area contributed by atoms with Gasteiger partial charge in [-0.1, -0.05) is 170 Å². The van der Waals surface area contributed by atoms with Crippen molar-refractivity contribution in [1.82, 2.24) is 15.0 Å². The lowest BCUT2D eigenvalue weighted by Crippen LogP contribution is -2.25. The Morgan fingerprint density at radius 2 is 0.789 bits per heavy atom. The number of hydrogen-bond acceptors (Lipinski definition) is 4. The lowest BCUT2D eigenvalue weighted by Gasteiger charge is -2.30. The van der Waals surface area contributed by atoms with Crippen LogP contribution in [0.2, 0.25) is 0 Å². The van der Waals surface area contributed by atoms with Crippen LogP contribution in [0.4, 0.5) is 0 Å². The second-order valence-electron chi connectivity index (χ2n) is 14.6. The van der Waals surface area contributed by atoms with Crippen LogP contribution in [0.15, 0.2) is 194 Å². The van der Waals surface area contributed by atoms with E-state index in [9.17, 15) is 5.26 Å². The fourth-order valence-electron chi connectivity index (χ4n) is 9.14. The van der Waals surface area contributed by atoms with Crippen molar-refractivity contribution < 1.29 is 0 Å². The van der Waals surface area contributed by atoms with E-state index in [0.717, 1.165) is 38.9 Å². The second kappa shape index (κ2) is 12.9. The summed E-state index contributed by atoms with van der Waals surface area (Å²) >= 11 is 0. The summed E-state index contributed by atoms with van der Waals surface area (Å²) in [6.07, 6.45) is 0. The largest absolute Gasteiger partial charge is 0.208 e. The summed E-state index contributed by atoms with van der Waals surface area (Å²) in [5.41, 5.74) is 17.4. The Balaban J connectivity index is 1.08. The maximum atomic E-state index is 9.56. The number of benzene rings is 8. The molecule has 1 spiro atoms. The number of fused-ring (bicyclic) bond motifs is 10. The summed E-state index contributed by atoms with van der Waals surface area (Å²) in [6, 6.07) is 70.3. The van der Waals surface area contributed by atoms with Gasteiger partial charge in [0.2, 0.25) is 0 Å². The predicted octanol–water partition coefficient (Wildman–Crippen LogP) is 12.4. The normalized spacial score (nSPS) is 12.7. The molecular formula is C53H32N4. The zero-order chi connectivity index (χ0) is 37.9. The van der Waals surface area contributed by atoms with E-state index in [4.69, 9.17) is 15.0 Å². The molecule has 0 bridgehead atoms. The monoisotopic (exact) mass is 724 g/mol. The Bertz CT molecular complexity index is 3060. The average Bonchev–Trinajstić information content (AvgIpc) is 3.76. The minimum absolute atomic E-state index is 0.394. The summed E-state index contributed by atoms with van der Waals surface area (Å²) in [4.78, 5) is 15.4. The zero-order valence-corrected chi connectivity index (χ0v) is 30.8. The molecule has 0 atom stereocenters. The number of rotatable bonds is 5. The maximum Gasteiger partial charge on any atom is 0.164 e. The van der Waals surface area contributed by atoms with E-state index in [1.807, 2.05) is 72.8 Å². The third kappa shape index (κ3) is 5.03. The van der Waals surface area contributed by atoms with Crippen LogP contribution >= 0.6 is 0 Å². The molecule has 0 N–H and O–H groups in total. The van der Waals surface area contributed by atoms with Gasteiger partial charge in [0.05, 0.1) is 17.0 Å². The molecule has 8 aromatic carbocycles. The van der Waals surface area contributed by atoms with Crippen LogP contribution in [0, 0.1) is 11.3 Å². The minimum atomic E-state index is -0.394. The molecule has 0 aliphatic heterocycles. The molecule has 1 aromatic heterocycles. The lowest BCUT2D eigenvalue weighted by atomic mass is 9.70. The van der Waals surface area contributed by atoms with E-state index in [-0.39, 0.29) is 0 Å². The third-order valence-electron chi connectivity index (χ3n) is 11.6. The van der Waals surface area contributed by atoms with Crippen LogP contribution in [-0.2, 0) is 5.41 Å². The van der Waals surface area contributed by atoms with Crippen molar-refractivity contribution in [1.29, 1.82) is 5.26 Å². The number of nitrogens with zero attached hydrogens (tertiary/aromatic N) is 4. The summed E-state index contributed by atoms with van der Waals surface area (Å²) in [5.74, 6) is 1.78. The molecule has 0 unspecified atom stereocenters. The van der Waals surface area contributed by atoms with E-state index < -0.39 is 5.41 Å². The zero-order valence-electron chi connectivity index (χ0n) is 30.8. The SMILES string of the molecule is N#Cc1cccc(-c2cccc(-c3nc(-c4ccccc4)nc(-c4ccccc4-c4ccc5c(c4)-c4ccccc4C54c5ccccc5-c5ccccc54)n3)c2)c1. The molecule has 0 saturated carbocycles. The molecule has 0 amide bonds. The molecule has 0 saturated heterocycles. The Morgan fingerprint density at radius 3 is 1.46 bits per heavy atom. The van der Waals surface area contributed by atoms with Crippen molar-refractivity contribution in [3.8, 4) is 84.7 Å². The van der Waals surface area contributed by atoms with E-state index >= 15 is 0 Å². The van der Waals surface area contributed by atoms with Gasteiger partial charge in [-0.2, -0.15) is 5.26 Å². The maximum absolute atomic E-state index is 9.56. The summed E-state index contributed by atoms with van der Waals surface area (Å²) in [5, 5.41) is 9.56. The van der Waals surface area contributed by atoms with Gasteiger partial charge in [0, 0.05) is 16.7 Å². The molecule has 2 aliphatic carbocycles. The van der Waals surface area contributed by atoms with Crippen LogP contribution in [0.3, 0.4) is 0 Å². The first kappa shape index (κ1) is 32.7. The smallest absolute Gasteiger partial charge is 0.164 e. The number of nitriles is 1. The molecule has 264 valence electrons. The number of aromatic nitrogens is 3. The fourth-order valence-corrected chi connectivity index (χ4v) is 9.14. The van der Waals surface area contributed by atoms with E-state index in [0.29, 0.717) is 23.0 Å². The quantitative estimate of drug-likeness (QED) is 0.177. The van der Waals surface area contributed by atoms with E-state index in [2.05, 4.69) is 127 Å². The van der Waals surface area contributed by atoms with Gasteiger partial charge in [0.25, 0.3) is 0 Å². The third-order valence-corrected chi connectivity index (χ3v) is 11.6. The van der Waals surface area contributed by atoms with Crippen molar-refractivity contribution in [3.63, 3.8) is 0 Å². The van der Waals surface area contributed by atoms with Gasteiger partial charge < -0.3 is 0 Å². The van der Waals surface area contributed by atoms with Crippen LogP contribution in [0.1, 0.15) is 27.8 Å². The van der Waals surface area contributed by atoms with Crippen molar-refractivity contribution in [3.05, 3.63) is 222 Å². The molecule has 4 heteroatoms. The average molecular weight is 725 g/mol. The van der Waals surface area contributed by atoms with Crippen LogP contribution in [0.5, 0.6) is 0 Å². The van der Waals surface area contributed by atoms with Crippen molar-refractivity contribution in [2.24, 2.45) is 0 Å². The second-order valence-corrected chi connectivity index (χ2v) is 14.6. The molecule has 9 aromatic rings. The summed E-state index contributed by atoms with van der Waals surface area (Å²) in [6.45, 7) is 0. The van der Waals surface area contributed by atoms with Gasteiger partial charge in [-0.15, -0.1) is 0 Å². The molecule has 11 rings (SSSR count). The molecule has 57 heavy (non-hydrogen) atoms. The lowest BCUT2D eigenvalue weighted by molar-refractivity contribution is 0.794. The Labute approximate surface area is 331 Å². The molecule has 0 fully saturated rings. The van der Waals surface area contributed by atoms with Crippen LogP contribution < -0.4 is 0 Å². The Morgan fingerprint density at radius 1 is 0.316 bits per heavy atom. The first-order valence-corrected chi connectivity index (χ1v) is 19.2. The predicted molar refractivity (Wildman–Crippen MR) is 228 cm³/mol. The minimum Gasteiger partial charge on any atom is -0.208 e. The van der Waals surface area contributed by atoms with Crippen LogP contribution in [-0.4, -0.2) is 15.0 Å². The van der Waals surface area contributed by atoms with Crippen molar-refractivity contribution in [2.75, 3.05) is 0 Å². The van der Waals surface area contributed by atoms with E-state index in [1.54, 1.807) is 0 Å². The van der Waals surface area contributed by atoms with Gasteiger partial charge >= 0.3 is 0 Å². The summed E-state index contributed by atoms with van der Waals surface area (Å²) in [7, 11) is 0. The molecule has 0 radical (unpaired) electrons. The van der Waals surface area contributed by atoms with Gasteiger partial charge in [-0.25, -0.2) is 15.0 Å². The van der Waals surface area contributed by atoms with Gasteiger partial charge in [-0.05, 0) is 91.0 Å². The highest BCUT2D eigenvalue weighted by Gasteiger charge is 2.51. The first-order valence-electron chi connectivity index (χ1n) is 19.2. The van der Waals surface area contributed by atoms with Crippen molar-refractivity contribution in [2.45, 2.75) is 5.41 Å². The molecular weight excluding hydrogens is 693 g/mol. The highest BCUT2D eigenvalue weighted by Crippen LogP contribution is 2.63. The fraction of sp³-hybridized carbons (Fsp3) is 0.0189. The topological polar surface area (TPSA) is 62.5 Å². The highest BCUT2D eigenvalue weighted by atomic mass is 15.0. The standard InChI is InChI=1S/C53H32N4/c54-33-34-14-12-17-36(30-34)37-18-13-19-39(31-37)51-55-50(35-15-2-1-3-16-35)56-52(57-51)44-24-5-4-20-40(44)38-28-29-49-45(32-38)43-23-8-11-27-48(43)53(49)46-25-9-6-21-41(46)42-22-7-10-26-47(42)53/h1-32H. The Hall–Kier alpha value is -7.74.